The van der Waals surface area contributed by atoms with Crippen LogP contribution in [0.25, 0.3) is 0 Å². The second-order valence-corrected chi connectivity index (χ2v) is 13.0. The third-order valence-electron chi connectivity index (χ3n) is 8.65. The number of ketones is 4. The Morgan fingerprint density at radius 3 is 1.90 bits per heavy atom. The summed E-state index contributed by atoms with van der Waals surface area (Å²) < 4.78 is 10.1. The third-order valence-corrected chi connectivity index (χ3v) is 9.09. The molecule has 14 heteroatoms. The molecule has 0 saturated heterocycles. The quantitative estimate of drug-likeness (QED) is 0.0905. The number of Topliss-reactive ketones (excluding diaryl/α,β-unsaturated/α-hetero) is 4. The third kappa shape index (κ3) is 15.8. The smallest absolute Gasteiger partial charge is 0.306 e. The van der Waals surface area contributed by atoms with Gasteiger partial charge in [0.25, 0.3) is 0 Å². The van der Waals surface area contributed by atoms with Gasteiger partial charge in [-0.05, 0) is 38.7 Å². The van der Waals surface area contributed by atoms with Crippen molar-refractivity contribution in [3.8, 4) is 0 Å². The number of aliphatic hydroxyl groups is 1. The minimum Gasteiger partial charge on any atom is -0.469 e. The van der Waals surface area contributed by atoms with Gasteiger partial charge in [0.05, 0.1) is 43.6 Å². The lowest BCUT2D eigenvalue weighted by Crippen LogP contribution is -2.50. The van der Waals surface area contributed by atoms with Crippen LogP contribution in [-0.4, -0.2) is 83.0 Å². The summed E-state index contributed by atoms with van der Waals surface area (Å²) in [4.78, 5) is 102. The Labute approximate surface area is 299 Å². The van der Waals surface area contributed by atoms with Crippen molar-refractivity contribution in [2.45, 2.75) is 104 Å². The average Bonchev–Trinajstić information content (AvgIpc) is 3.07. The van der Waals surface area contributed by atoms with Gasteiger partial charge in [0.2, 0.25) is 11.8 Å². The largest absolute Gasteiger partial charge is 0.469 e. The van der Waals surface area contributed by atoms with Crippen molar-refractivity contribution in [2.75, 3.05) is 12.9 Å². The lowest BCUT2D eigenvalue weighted by molar-refractivity contribution is -0.149. The average molecular weight is 721 g/mol. The first-order chi connectivity index (χ1) is 23.5. The van der Waals surface area contributed by atoms with Crippen LogP contribution in [0, 0.1) is 23.7 Å². The number of methoxy groups -OCH3 is 1. The first-order valence-corrected chi connectivity index (χ1v) is 17.4. The summed E-state index contributed by atoms with van der Waals surface area (Å²) in [5, 5.41) is 15.6. The summed E-state index contributed by atoms with van der Waals surface area (Å²) in [6.07, 6.45) is -2.85. The number of benzene rings is 1. The topological polar surface area (TPSA) is 199 Å². The predicted molar refractivity (Wildman–Crippen MR) is 187 cm³/mol. The van der Waals surface area contributed by atoms with Crippen LogP contribution in [-0.2, 0) is 54.4 Å². The first-order valence-electron chi connectivity index (χ1n) is 16.8. The van der Waals surface area contributed by atoms with Crippen molar-refractivity contribution in [1.29, 1.82) is 0 Å². The van der Waals surface area contributed by atoms with Gasteiger partial charge in [-0.2, -0.15) is 12.6 Å². The summed E-state index contributed by atoms with van der Waals surface area (Å²) >= 11 is 4.10. The van der Waals surface area contributed by atoms with Crippen LogP contribution in [0.15, 0.2) is 30.3 Å². The van der Waals surface area contributed by atoms with Crippen LogP contribution in [0.4, 0.5) is 0 Å². The fourth-order valence-corrected chi connectivity index (χ4v) is 5.53. The summed E-state index contributed by atoms with van der Waals surface area (Å²) in [5.41, 5.74) is 0.769. The van der Waals surface area contributed by atoms with Crippen LogP contribution >= 0.6 is 12.6 Å². The normalized spacial score (nSPS) is 15.2. The molecule has 0 aliphatic heterocycles. The zero-order valence-electron chi connectivity index (χ0n) is 29.8. The van der Waals surface area contributed by atoms with E-state index in [1.807, 2.05) is 13.0 Å². The molecule has 0 radical (unpaired) electrons. The second-order valence-electron chi connectivity index (χ2n) is 12.7. The van der Waals surface area contributed by atoms with Gasteiger partial charge in [0.1, 0.15) is 18.2 Å². The highest BCUT2D eigenvalue weighted by atomic mass is 32.1. The van der Waals surface area contributed by atoms with Gasteiger partial charge in [-0.1, -0.05) is 50.6 Å². The van der Waals surface area contributed by atoms with Crippen molar-refractivity contribution in [1.82, 2.24) is 10.6 Å². The maximum Gasteiger partial charge on any atom is 0.306 e. The van der Waals surface area contributed by atoms with Crippen LogP contribution in [0.5, 0.6) is 0 Å². The monoisotopic (exact) mass is 720 g/mol. The highest BCUT2D eigenvalue weighted by Gasteiger charge is 2.36. The highest BCUT2D eigenvalue weighted by molar-refractivity contribution is 7.80. The van der Waals surface area contributed by atoms with Crippen molar-refractivity contribution < 1.29 is 52.9 Å². The molecule has 0 unspecified atom stereocenters. The molecule has 2 amide bonds. The Morgan fingerprint density at radius 2 is 1.38 bits per heavy atom. The number of carbonyl (C=O) groups excluding carboxylic acids is 8. The number of amides is 2. The van der Waals surface area contributed by atoms with Gasteiger partial charge in [0.15, 0.2) is 11.6 Å². The standard InChI is InChI=1S/C36H52N2O11S/c1-7-21(2)27(18-34(45)49-19-25-11-9-8-10-12-25)35(46)37-29(13-14-33(44)48-6)32(43)17-28(24(5)41)36(47)38-30(15-22(3)39)31(42)16-26(20-50)23(4)40/h8-12,21,24,26-30,41,50H,7,13-20H2,1-6H3,(H,37,46)(H,38,47)/t21-,24+,26+,27-,28-,29-,30-/m0/s1. The van der Waals surface area contributed by atoms with Gasteiger partial charge in [-0.3, -0.25) is 38.4 Å². The van der Waals surface area contributed by atoms with Gasteiger partial charge in [-0.25, -0.2) is 0 Å². The molecule has 0 saturated carbocycles. The van der Waals surface area contributed by atoms with E-state index in [1.54, 1.807) is 31.2 Å². The molecule has 1 aromatic rings. The molecule has 50 heavy (non-hydrogen) atoms. The second kappa shape index (κ2) is 22.7. The van der Waals surface area contributed by atoms with Crippen molar-refractivity contribution >= 4 is 59.5 Å². The number of hydrogen-bond acceptors (Lipinski definition) is 12. The maximum atomic E-state index is 13.7. The summed E-state index contributed by atoms with van der Waals surface area (Å²) in [7, 11) is 1.17. The molecule has 0 fully saturated rings. The van der Waals surface area contributed by atoms with Crippen molar-refractivity contribution in [2.24, 2.45) is 23.7 Å². The number of nitrogens with one attached hydrogen (secondary N) is 2. The van der Waals surface area contributed by atoms with Gasteiger partial charge >= 0.3 is 11.9 Å². The molecule has 0 aromatic heterocycles. The summed E-state index contributed by atoms with van der Waals surface area (Å²) in [6, 6.07) is 6.39. The Hall–Kier alpha value is -3.91. The van der Waals surface area contributed by atoms with Crippen LogP contribution in [0.3, 0.4) is 0 Å². The molecule has 0 aliphatic rings. The number of hydrogen-bond donors (Lipinski definition) is 4. The predicted octanol–water partition coefficient (Wildman–Crippen LogP) is 2.73. The van der Waals surface area contributed by atoms with Gasteiger partial charge in [-0.15, -0.1) is 0 Å². The molecule has 7 atom stereocenters. The Balaban J connectivity index is 3.20. The van der Waals surface area contributed by atoms with E-state index in [4.69, 9.17) is 9.47 Å². The lowest BCUT2D eigenvalue weighted by Gasteiger charge is -2.27. The van der Waals surface area contributed by atoms with Crippen LogP contribution in [0.1, 0.15) is 85.1 Å². The summed E-state index contributed by atoms with van der Waals surface area (Å²) in [6.45, 7) is 7.45. The molecule has 3 N–H and O–H groups in total. The zero-order valence-corrected chi connectivity index (χ0v) is 30.7. The van der Waals surface area contributed by atoms with Gasteiger partial charge < -0.3 is 25.2 Å². The molecule has 0 heterocycles. The van der Waals surface area contributed by atoms with E-state index in [0.29, 0.717) is 6.42 Å². The lowest BCUT2D eigenvalue weighted by atomic mass is 9.87. The van der Waals surface area contributed by atoms with E-state index in [1.165, 1.54) is 27.9 Å². The van der Waals surface area contributed by atoms with Crippen molar-refractivity contribution in [3.05, 3.63) is 35.9 Å². The molecule has 278 valence electrons. The van der Waals surface area contributed by atoms with Gasteiger partial charge in [0, 0.05) is 37.4 Å². The molecule has 13 nitrogen and oxygen atoms in total. The number of esters is 2. The van der Waals surface area contributed by atoms with E-state index >= 15 is 0 Å². The van der Waals surface area contributed by atoms with E-state index in [9.17, 15) is 43.5 Å². The summed E-state index contributed by atoms with van der Waals surface area (Å²) in [5.74, 6) is -8.01. The van der Waals surface area contributed by atoms with Crippen LogP contribution in [0.2, 0.25) is 0 Å². The molecule has 1 rings (SSSR count). The SMILES string of the molecule is CC[C@H](C)[C@H](CC(=O)OCc1ccccc1)C(=O)N[C@@H](CCC(=O)OC)C(=O)C[C@H](C(=O)N[C@@H](CC(C)=O)C(=O)C[C@H](CS)C(C)=O)[C@@H](C)O. The minimum atomic E-state index is -1.41. The molecule has 0 spiro atoms. The first kappa shape index (κ1) is 44.1. The Morgan fingerprint density at radius 1 is 0.800 bits per heavy atom. The number of carbonyl (C=O) groups is 8. The highest BCUT2D eigenvalue weighted by Crippen LogP contribution is 2.22. The fourth-order valence-electron chi connectivity index (χ4n) is 5.14. The molecule has 0 aliphatic carbocycles. The van der Waals surface area contributed by atoms with E-state index in [2.05, 4.69) is 23.3 Å². The molecule has 1 aromatic carbocycles. The fraction of sp³-hybridized carbons (Fsp3) is 0.611. The van der Waals surface area contributed by atoms with E-state index < -0.39 is 83.5 Å². The molecular formula is C36H52N2O11S. The van der Waals surface area contributed by atoms with E-state index in [0.717, 1.165) is 5.56 Å². The van der Waals surface area contributed by atoms with E-state index in [-0.39, 0.29) is 56.2 Å². The minimum absolute atomic E-state index is 0.0168. The zero-order chi connectivity index (χ0) is 38.0. The molecule has 0 bridgehead atoms. The van der Waals surface area contributed by atoms with Crippen LogP contribution < -0.4 is 10.6 Å². The molecular weight excluding hydrogens is 668 g/mol. The Bertz CT molecular complexity index is 1330. The number of ether oxygens (including phenoxy) is 2. The maximum absolute atomic E-state index is 13.7. The number of rotatable bonds is 24. The number of thiol groups is 1. The Kier molecular flexibility index (Phi) is 20.1. The number of aliphatic hydroxyl groups excluding tert-OH is 1. The van der Waals surface area contributed by atoms with Crippen molar-refractivity contribution in [3.63, 3.8) is 0 Å².